The van der Waals surface area contributed by atoms with E-state index in [0.29, 0.717) is 16.5 Å². The maximum atomic E-state index is 6.17. The minimum Gasteiger partial charge on any atom is -0.497 e. The molecule has 0 saturated carbocycles. The van der Waals surface area contributed by atoms with Crippen LogP contribution in [-0.4, -0.2) is 7.11 Å². The summed E-state index contributed by atoms with van der Waals surface area (Å²) in [6.07, 6.45) is 0. The van der Waals surface area contributed by atoms with Gasteiger partial charge in [-0.15, -0.1) is 0 Å². The summed E-state index contributed by atoms with van der Waals surface area (Å²) in [4.78, 5) is 0. The first-order valence-corrected chi connectivity index (χ1v) is 7.11. The number of hydrogen-bond donors (Lipinski definition) is 1. The Kier molecular flexibility index (Phi) is 4.33. The van der Waals surface area contributed by atoms with Gasteiger partial charge in [-0.25, -0.2) is 0 Å². The van der Waals surface area contributed by atoms with Gasteiger partial charge in [0.05, 0.1) is 17.8 Å². The highest BCUT2D eigenvalue weighted by atomic mass is 35.5. The predicted molar refractivity (Wildman–Crippen MR) is 87.6 cm³/mol. The highest BCUT2D eigenvalue weighted by Gasteiger charge is 2.21. The van der Waals surface area contributed by atoms with Crippen molar-refractivity contribution in [3.05, 3.63) is 47.0 Å². The van der Waals surface area contributed by atoms with E-state index < -0.39 is 0 Å². The van der Waals surface area contributed by atoms with Gasteiger partial charge < -0.3 is 15.2 Å². The SMILES string of the molecule is COc1ccc(Oc2c(N)cccc2Cl)c(C(C)(C)C)c1. The molecule has 0 aliphatic carbocycles. The number of halogens is 1. The Morgan fingerprint density at radius 1 is 1.10 bits per heavy atom. The average molecular weight is 306 g/mol. The smallest absolute Gasteiger partial charge is 0.168 e. The lowest BCUT2D eigenvalue weighted by Gasteiger charge is -2.24. The van der Waals surface area contributed by atoms with Crippen molar-refractivity contribution in [3.8, 4) is 17.2 Å². The first-order chi connectivity index (χ1) is 9.82. The summed E-state index contributed by atoms with van der Waals surface area (Å²) >= 11 is 6.17. The molecule has 0 heterocycles. The van der Waals surface area contributed by atoms with Crippen LogP contribution < -0.4 is 15.2 Å². The first kappa shape index (κ1) is 15.5. The van der Waals surface area contributed by atoms with E-state index in [2.05, 4.69) is 20.8 Å². The van der Waals surface area contributed by atoms with Crippen LogP contribution >= 0.6 is 11.6 Å². The molecule has 0 fully saturated rings. The summed E-state index contributed by atoms with van der Waals surface area (Å²) in [5.74, 6) is 2.00. The zero-order valence-corrected chi connectivity index (χ0v) is 13.5. The molecule has 3 nitrogen and oxygen atoms in total. The van der Waals surface area contributed by atoms with E-state index in [-0.39, 0.29) is 5.41 Å². The molecule has 0 amide bonds. The highest BCUT2D eigenvalue weighted by molar-refractivity contribution is 6.32. The molecule has 2 aromatic rings. The van der Waals surface area contributed by atoms with E-state index in [4.69, 9.17) is 26.8 Å². The van der Waals surface area contributed by atoms with Crippen LogP contribution in [0, 0.1) is 0 Å². The van der Waals surface area contributed by atoms with Crippen molar-refractivity contribution in [1.82, 2.24) is 0 Å². The molecule has 4 heteroatoms. The zero-order chi connectivity index (χ0) is 15.6. The molecule has 0 atom stereocenters. The Morgan fingerprint density at radius 2 is 1.81 bits per heavy atom. The molecule has 0 aliphatic heterocycles. The van der Waals surface area contributed by atoms with E-state index >= 15 is 0 Å². The van der Waals surface area contributed by atoms with Crippen LogP contribution in [-0.2, 0) is 5.41 Å². The largest absolute Gasteiger partial charge is 0.497 e. The van der Waals surface area contributed by atoms with Crippen LogP contribution in [0.1, 0.15) is 26.3 Å². The summed E-state index contributed by atoms with van der Waals surface area (Å²) in [5, 5.41) is 0.491. The summed E-state index contributed by atoms with van der Waals surface area (Å²) in [7, 11) is 1.65. The first-order valence-electron chi connectivity index (χ1n) is 6.73. The van der Waals surface area contributed by atoms with Gasteiger partial charge in [-0.3, -0.25) is 0 Å². The molecule has 2 aromatic carbocycles. The maximum Gasteiger partial charge on any atom is 0.168 e. The molecule has 2 rings (SSSR count). The summed E-state index contributed by atoms with van der Waals surface area (Å²) in [6, 6.07) is 11.0. The van der Waals surface area contributed by atoms with Gasteiger partial charge in [-0.1, -0.05) is 38.4 Å². The van der Waals surface area contributed by atoms with E-state index in [1.54, 1.807) is 25.3 Å². The Balaban J connectivity index is 2.49. The fourth-order valence-electron chi connectivity index (χ4n) is 2.05. The molecule has 0 aliphatic rings. The minimum atomic E-state index is -0.0973. The molecule has 0 spiro atoms. The summed E-state index contributed by atoms with van der Waals surface area (Å²) in [5.41, 5.74) is 7.39. The third-order valence-electron chi connectivity index (χ3n) is 3.20. The topological polar surface area (TPSA) is 44.5 Å². The van der Waals surface area contributed by atoms with Gasteiger partial charge in [0, 0.05) is 5.56 Å². The second kappa shape index (κ2) is 5.86. The third-order valence-corrected chi connectivity index (χ3v) is 3.50. The average Bonchev–Trinajstić information content (AvgIpc) is 2.42. The van der Waals surface area contributed by atoms with Crippen molar-refractivity contribution in [2.75, 3.05) is 12.8 Å². The molecule has 0 unspecified atom stereocenters. The third kappa shape index (κ3) is 3.42. The van der Waals surface area contributed by atoms with Gasteiger partial charge in [-0.05, 0) is 35.7 Å². The van der Waals surface area contributed by atoms with Crippen molar-refractivity contribution in [3.63, 3.8) is 0 Å². The predicted octanol–water partition coefficient (Wildman–Crippen LogP) is 5.02. The van der Waals surface area contributed by atoms with Gasteiger partial charge in [0.15, 0.2) is 5.75 Å². The van der Waals surface area contributed by atoms with E-state index in [1.807, 2.05) is 18.2 Å². The Labute approximate surface area is 130 Å². The normalized spacial score (nSPS) is 11.3. The molecule has 0 bridgehead atoms. The monoisotopic (exact) mass is 305 g/mol. The van der Waals surface area contributed by atoms with Crippen LogP contribution in [0.2, 0.25) is 5.02 Å². The van der Waals surface area contributed by atoms with E-state index in [0.717, 1.165) is 17.1 Å². The maximum absolute atomic E-state index is 6.17. The number of ether oxygens (including phenoxy) is 2. The molecule has 112 valence electrons. The van der Waals surface area contributed by atoms with Crippen LogP contribution in [0.25, 0.3) is 0 Å². The zero-order valence-electron chi connectivity index (χ0n) is 12.7. The Hall–Kier alpha value is -1.87. The molecule has 21 heavy (non-hydrogen) atoms. The molecule has 2 N–H and O–H groups in total. The lowest BCUT2D eigenvalue weighted by atomic mass is 9.86. The van der Waals surface area contributed by atoms with Gasteiger partial charge in [-0.2, -0.15) is 0 Å². The highest BCUT2D eigenvalue weighted by Crippen LogP contribution is 2.40. The van der Waals surface area contributed by atoms with Gasteiger partial charge >= 0.3 is 0 Å². The standard InChI is InChI=1S/C17H20ClNO2/c1-17(2,3)12-10-11(20-4)8-9-15(12)21-16-13(18)6-5-7-14(16)19/h5-10H,19H2,1-4H3. The van der Waals surface area contributed by atoms with Gasteiger partial charge in [0.2, 0.25) is 0 Å². The van der Waals surface area contributed by atoms with Crippen molar-refractivity contribution < 1.29 is 9.47 Å². The molecular formula is C17H20ClNO2. The van der Waals surface area contributed by atoms with Crippen LogP contribution in [0.3, 0.4) is 0 Å². The van der Waals surface area contributed by atoms with Crippen molar-refractivity contribution >= 4 is 17.3 Å². The lowest BCUT2D eigenvalue weighted by molar-refractivity contribution is 0.407. The second-order valence-corrected chi connectivity index (χ2v) is 6.28. The van der Waals surface area contributed by atoms with Crippen LogP contribution in [0.4, 0.5) is 5.69 Å². The van der Waals surface area contributed by atoms with E-state index in [1.165, 1.54) is 0 Å². The molecule has 0 saturated heterocycles. The number of nitrogens with two attached hydrogens (primary N) is 1. The van der Waals surface area contributed by atoms with Gasteiger partial charge in [0.1, 0.15) is 11.5 Å². The number of rotatable bonds is 3. The van der Waals surface area contributed by atoms with Crippen LogP contribution in [0.5, 0.6) is 17.2 Å². The number of benzene rings is 2. The van der Waals surface area contributed by atoms with Crippen molar-refractivity contribution in [2.45, 2.75) is 26.2 Å². The van der Waals surface area contributed by atoms with Crippen molar-refractivity contribution in [2.24, 2.45) is 0 Å². The Morgan fingerprint density at radius 3 is 2.38 bits per heavy atom. The number of para-hydroxylation sites is 1. The number of anilines is 1. The summed E-state index contributed by atoms with van der Waals surface area (Å²) in [6.45, 7) is 6.35. The lowest BCUT2D eigenvalue weighted by Crippen LogP contribution is -2.13. The molecule has 0 radical (unpaired) electrons. The van der Waals surface area contributed by atoms with Crippen molar-refractivity contribution in [1.29, 1.82) is 0 Å². The molecule has 0 aromatic heterocycles. The minimum absolute atomic E-state index is 0.0973. The second-order valence-electron chi connectivity index (χ2n) is 5.87. The molecular weight excluding hydrogens is 286 g/mol. The van der Waals surface area contributed by atoms with Gasteiger partial charge in [0.25, 0.3) is 0 Å². The Bertz CT molecular complexity index is 627. The summed E-state index contributed by atoms with van der Waals surface area (Å²) < 4.78 is 11.3. The fraction of sp³-hybridized carbons (Fsp3) is 0.294. The van der Waals surface area contributed by atoms with E-state index in [9.17, 15) is 0 Å². The number of methoxy groups -OCH3 is 1. The number of hydrogen-bond acceptors (Lipinski definition) is 3. The fourth-order valence-corrected chi connectivity index (χ4v) is 2.27. The number of nitrogen functional groups attached to an aromatic ring is 1. The quantitative estimate of drug-likeness (QED) is 0.810. The van der Waals surface area contributed by atoms with Crippen LogP contribution in [0.15, 0.2) is 36.4 Å².